The smallest absolute Gasteiger partial charge is 0.214 e. The van der Waals surface area contributed by atoms with Crippen LogP contribution >= 0.6 is 23.4 Å². The molecule has 0 spiro atoms. The maximum absolute atomic E-state index is 14.0. The minimum atomic E-state index is -0.400. The van der Waals surface area contributed by atoms with E-state index in [1.54, 1.807) is 35.7 Å². The van der Waals surface area contributed by atoms with E-state index in [0.717, 1.165) is 28.7 Å². The van der Waals surface area contributed by atoms with Crippen LogP contribution in [0.5, 0.6) is 11.5 Å². The molecule has 0 amide bonds. The van der Waals surface area contributed by atoms with Crippen LogP contribution in [0.15, 0.2) is 71.9 Å². The van der Waals surface area contributed by atoms with Crippen LogP contribution in [0.1, 0.15) is 11.1 Å². The van der Waals surface area contributed by atoms with Crippen molar-refractivity contribution in [1.82, 2.24) is 25.5 Å². The Bertz CT molecular complexity index is 1200. The summed E-state index contributed by atoms with van der Waals surface area (Å²) in [7, 11) is 1.57. The first-order valence-corrected chi connectivity index (χ1v) is 11.9. The first kappa shape index (κ1) is 24.0. The second kappa shape index (κ2) is 11.8. The Hall–Kier alpha value is -3.14. The Morgan fingerprint density at radius 2 is 1.91 bits per heavy atom. The number of thioether (sulfide) groups is 1. The standard InChI is InChI=1S/C24H23ClFN5O2S/c1-32-23-14-17(10-11-22(23)33-16-19-20(25)8-5-9-21(19)26)15-27-12-13-34-24-28-29-30-31(24)18-6-3-2-4-7-18/h2-11,14,27H,12-13,15-16H2,1H3. The number of rotatable bonds is 11. The molecule has 10 heteroatoms. The number of nitrogens with one attached hydrogen (secondary N) is 1. The number of para-hydroxylation sites is 1. The Kier molecular flexibility index (Phi) is 8.35. The van der Waals surface area contributed by atoms with Gasteiger partial charge in [-0.3, -0.25) is 0 Å². The third kappa shape index (κ3) is 6.05. The minimum absolute atomic E-state index is 0.0130. The molecular weight excluding hydrogens is 477 g/mol. The highest BCUT2D eigenvalue weighted by molar-refractivity contribution is 7.99. The highest BCUT2D eigenvalue weighted by Crippen LogP contribution is 2.30. The van der Waals surface area contributed by atoms with Crippen molar-refractivity contribution < 1.29 is 13.9 Å². The quantitative estimate of drug-likeness (QED) is 0.232. The van der Waals surface area contributed by atoms with Crippen LogP contribution in [-0.2, 0) is 13.2 Å². The van der Waals surface area contributed by atoms with Gasteiger partial charge < -0.3 is 14.8 Å². The summed E-state index contributed by atoms with van der Waals surface area (Å²) in [5.41, 5.74) is 2.27. The molecule has 0 fully saturated rings. The van der Waals surface area contributed by atoms with Crippen LogP contribution in [0.25, 0.3) is 5.69 Å². The average Bonchev–Trinajstić information content (AvgIpc) is 3.33. The zero-order valence-corrected chi connectivity index (χ0v) is 20.0. The van der Waals surface area contributed by atoms with Crippen molar-refractivity contribution in [2.24, 2.45) is 0 Å². The molecule has 1 aromatic heterocycles. The van der Waals surface area contributed by atoms with Gasteiger partial charge in [-0.25, -0.2) is 4.39 Å². The lowest BCUT2D eigenvalue weighted by atomic mass is 10.2. The molecule has 34 heavy (non-hydrogen) atoms. The van der Waals surface area contributed by atoms with Crippen molar-refractivity contribution in [2.75, 3.05) is 19.4 Å². The van der Waals surface area contributed by atoms with Gasteiger partial charge in [-0.05, 0) is 52.4 Å². The Morgan fingerprint density at radius 3 is 2.71 bits per heavy atom. The number of ether oxygens (including phenoxy) is 2. The van der Waals surface area contributed by atoms with Gasteiger partial charge >= 0.3 is 0 Å². The summed E-state index contributed by atoms with van der Waals surface area (Å²) in [6, 6.07) is 20.0. The summed E-state index contributed by atoms with van der Waals surface area (Å²) in [5, 5.41) is 16.4. The predicted molar refractivity (Wildman–Crippen MR) is 130 cm³/mol. The predicted octanol–water partition coefficient (Wildman–Crippen LogP) is 4.92. The van der Waals surface area contributed by atoms with Crippen LogP contribution in [0.3, 0.4) is 0 Å². The molecular formula is C24H23ClFN5O2S. The maximum Gasteiger partial charge on any atom is 0.214 e. The molecule has 1 N–H and O–H groups in total. The van der Waals surface area contributed by atoms with Crippen LogP contribution in [0.2, 0.25) is 5.02 Å². The number of hydrogen-bond acceptors (Lipinski definition) is 7. The van der Waals surface area contributed by atoms with Crippen LogP contribution in [0, 0.1) is 5.82 Å². The van der Waals surface area contributed by atoms with Gasteiger partial charge in [-0.15, -0.1) is 5.10 Å². The first-order chi connectivity index (χ1) is 16.7. The number of hydrogen-bond donors (Lipinski definition) is 1. The molecule has 1 heterocycles. The molecule has 176 valence electrons. The van der Waals surface area contributed by atoms with Crippen molar-refractivity contribution >= 4 is 23.4 Å². The lowest BCUT2D eigenvalue weighted by Crippen LogP contribution is -2.17. The maximum atomic E-state index is 14.0. The first-order valence-electron chi connectivity index (χ1n) is 10.6. The SMILES string of the molecule is COc1cc(CNCCSc2nnnn2-c2ccccc2)ccc1OCc1c(F)cccc1Cl. The minimum Gasteiger partial charge on any atom is -0.493 e. The van der Waals surface area contributed by atoms with E-state index >= 15 is 0 Å². The van der Waals surface area contributed by atoms with Gasteiger partial charge in [0, 0.05) is 24.4 Å². The Balaban J connectivity index is 1.27. The number of methoxy groups -OCH3 is 1. The van der Waals surface area contributed by atoms with E-state index < -0.39 is 5.82 Å². The fourth-order valence-corrected chi connectivity index (χ4v) is 4.21. The van der Waals surface area contributed by atoms with Gasteiger partial charge in [-0.2, -0.15) is 4.68 Å². The third-order valence-electron chi connectivity index (χ3n) is 4.94. The van der Waals surface area contributed by atoms with E-state index in [1.165, 1.54) is 6.07 Å². The molecule has 0 saturated heterocycles. The highest BCUT2D eigenvalue weighted by atomic mass is 35.5. The zero-order chi connectivity index (χ0) is 23.8. The van der Waals surface area contributed by atoms with Crippen molar-refractivity contribution in [3.05, 3.63) is 88.7 Å². The van der Waals surface area contributed by atoms with Gasteiger partial charge in [0.05, 0.1) is 17.8 Å². The second-order valence-electron chi connectivity index (χ2n) is 7.21. The number of tetrazole rings is 1. The summed E-state index contributed by atoms with van der Waals surface area (Å²) in [4.78, 5) is 0. The Morgan fingerprint density at radius 1 is 1.06 bits per heavy atom. The topological polar surface area (TPSA) is 74.1 Å². The molecule has 0 radical (unpaired) electrons. The summed E-state index contributed by atoms with van der Waals surface area (Å²) >= 11 is 7.66. The van der Waals surface area contributed by atoms with Crippen LogP contribution in [0.4, 0.5) is 4.39 Å². The number of nitrogens with zero attached hydrogens (tertiary/aromatic N) is 4. The molecule has 7 nitrogen and oxygen atoms in total. The zero-order valence-electron chi connectivity index (χ0n) is 18.4. The summed E-state index contributed by atoms with van der Waals surface area (Å²) in [5.74, 6) is 1.49. The lowest BCUT2D eigenvalue weighted by Gasteiger charge is -2.13. The molecule has 0 aliphatic rings. The van der Waals surface area contributed by atoms with E-state index in [2.05, 4.69) is 20.8 Å². The van der Waals surface area contributed by atoms with E-state index in [9.17, 15) is 4.39 Å². The molecule has 0 aliphatic carbocycles. The molecule has 0 atom stereocenters. The van der Waals surface area contributed by atoms with E-state index in [0.29, 0.717) is 28.6 Å². The molecule has 0 unspecified atom stereocenters. The largest absolute Gasteiger partial charge is 0.493 e. The number of halogens is 2. The third-order valence-corrected chi connectivity index (χ3v) is 6.22. The average molecular weight is 500 g/mol. The van der Waals surface area contributed by atoms with Crippen LogP contribution < -0.4 is 14.8 Å². The molecule has 4 rings (SSSR count). The molecule has 3 aromatic carbocycles. The van der Waals surface area contributed by atoms with Crippen LogP contribution in [-0.4, -0.2) is 39.6 Å². The van der Waals surface area contributed by atoms with Crippen molar-refractivity contribution in [3.63, 3.8) is 0 Å². The normalized spacial score (nSPS) is 10.9. The number of aromatic nitrogens is 4. The molecule has 0 bridgehead atoms. The van der Waals surface area contributed by atoms with E-state index in [1.807, 2.05) is 48.5 Å². The Labute approximate surface area is 206 Å². The van der Waals surface area contributed by atoms with Gasteiger partial charge in [0.1, 0.15) is 12.4 Å². The summed E-state index contributed by atoms with van der Waals surface area (Å²) < 4.78 is 26.9. The molecule has 4 aromatic rings. The van der Waals surface area contributed by atoms with E-state index in [-0.39, 0.29) is 6.61 Å². The van der Waals surface area contributed by atoms with Gasteiger partial charge in [0.25, 0.3) is 0 Å². The van der Waals surface area contributed by atoms with E-state index in [4.69, 9.17) is 21.1 Å². The van der Waals surface area contributed by atoms with Crippen molar-refractivity contribution in [3.8, 4) is 17.2 Å². The van der Waals surface area contributed by atoms with Gasteiger partial charge in [0.2, 0.25) is 5.16 Å². The molecule has 0 saturated carbocycles. The van der Waals surface area contributed by atoms with Gasteiger partial charge in [0.15, 0.2) is 11.5 Å². The fourth-order valence-electron chi connectivity index (χ4n) is 3.21. The second-order valence-corrected chi connectivity index (χ2v) is 8.68. The fraction of sp³-hybridized carbons (Fsp3) is 0.208. The lowest BCUT2D eigenvalue weighted by molar-refractivity contribution is 0.279. The monoisotopic (exact) mass is 499 g/mol. The van der Waals surface area contributed by atoms with Crippen molar-refractivity contribution in [2.45, 2.75) is 18.3 Å². The van der Waals surface area contributed by atoms with Crippen molar-refractivity contribution in [1.29, 1.82) is 0 Å². The summed E-state index contributed by atoms with van der Waals surface area (Å²) in [6.45, 7) is 1.43. The van der Waals surface area contributed by atoms with Gasteiger partial charge in [-0.1, -0.05) is 53.7 Å². The molecule has 0 aliphatic heterocycles. The number of benzene rings is 3. The summed E-state index contributed by atoms with van der Waals surface area (Å²) in [6.07, 6.45) is 0. The highest BCUT2D eigenvalue weighted by Gasteiger charge is 2.11.